The normalized spacial score (nSPS) is 30.4. The Bertz CT molecular complexity index is 602. The number of nitrogens with zero attached hydrogens (tertiary/aromatic N) is 2. The maximum Gasteiger partial charge on any atom is 0.254 e. The molecule has 3 aliphatic rings. The molecule has 4 nitrogen and oxygen atoms in total. The van der Waals surface area contributed by atoms with Crippen molar-refractivity contribution in [2.24, 2.45) is 11.8 Å². The van der Waals surface area contributed by atoms with E-state index >= 15 is 0 Å². The van der Waals surface area contributed by atoms with Crippen molar-refractivity contribution in [3.05, 3.63) is 35.6 Å². The molecule has 130 valence electrons. The van der Waals surface area contributed by atoms with E-state index in [1.807, 2.05) is 4.90 Å². The molecule has 5 heteroatoms. The Hall–Kier alpha value is -1.46. The topological polar surface area (TPSA) is 32.8 Å². The second-order valence-electron chi connectivity index (χ2n) is 7.46. The summed E-state index contributed by atoms with van der Waals surface area (Å²) in [6, 6.07) is 6.11. The van der Waals surface area contributed by atoms with Gasteiger partial charge in [-0.25, -0.2) is 4.39 Å². The van der Waals surface area contributed by atoms with Crippen LogP contribution < -0.4 is 0 Å². The van der Waals surface area contributed by atoms with E-state index in [0.717, 1.165) is 32.0 Å². The summed E-state index contributed by atoms with van der Waals surface area (Å²) in [7, 11) is 1.78. The summed E-state index contributed by atoms with van der Waals surface area (Å²) in [6.45, 7) is 3.83. The highest BCUT2D eigenvalue weighted by atomic mass is 19.1. The number of carbonyl (C=O) groups is 1. The van der Waals surface area contributed by atoms with Crippen LogP contribution in [0.5, 0.6) is 0 Å². The molecule has 0 bridgehead atoms. The number of hydrogen-bond acceptors (Lipinski definition) is 3. The first-order valence-corrected chi connectivity index (χ1v) is 8.97. The molecule has 1 amide bonds. The molecule has 1 saturated carbocycles. The quantitative estimate of drug-likeness (QED) is 0.849. The van der Waals surface area contributed by atoms with Crippen molar-refractivity contribution in [2.45, 2.75) is 31.4 Å². The van der Waals surface area contributed by atoms with Gasteiger partial charge in [-0.15, -0.1) is 0 Å². The Labute approximate surface area is 142 Å². The average molecular weight is 332 g/mol. The Kier molecular flexibility index (Phi) is 4.31. The second kappa shape index (κ2) is 6.45. The predicted octanol–water partition coefficient (Wildman–Crippen LogP) is 2.40. The summed E-state index contributed by atoms with van der Waals surface area (Å²) >= 11 is 0. The van der Waals surface area contributed by atoms with Crippen molar-refractivity contribution >= 4 is 5.91 Å². The number of methoxy groups -OCH3 is 1. The molecule has 4 rings (SSSR count). The molecule has 3 fully saturated rings. The number of benzene rings is 1. The van der Waals surface area contributed by atoms with Crippen molar-refractivity contribution in [1.82, 2.24) is 9.80 Å². The Morgan fingerprint density at radius 2 is 1.96 bits per heavy atom. The Morgan fingerprint density at radius 1 is 1.21 bits per heavy atom. The minimum atomic E-state index is -0.306. The van der Waals surface area contributed by atoms with Crippen LogP contribution in [0.15, 0.2) is 24.3 Å². The van der Waals surface area contributed by atoms with Gasteiger partial charge in [0.2, 0.25) is 0 Å². The van der Waals surface area contributed by atoms with Gasteiger partial charge in [0.05, 0.1) is 12.1 Å². The number of fused-ring (bicyclic) bond motifs is 1. The molecule has 1 aliphatic carbocycles. The van der Waals surface area contributed by atoms with Crippen LogP contribution in [0, 0.1) is 17.7 Å². The molecule has 0 unspecified atom stereocenters. The highest BCUT2D eigenvalue weighted by Gasteiger charge is 2.46. The van der Waals surface area contributed by atoms with Crippen LogP contribution in [0.3, 0.4) is 0 Å². The number of hydrogen-bond donors (Lipinski definition) is 0. The van der Waals surface area contributed by atoms with Gasteiger partial charge in [-0.05, 0) is 49.4 Å². The van der Waals surface area contributed by atoms with Gasteiger partial charge in [0, 0.05) is 44.8 Å². The van der Waals surface area contributed by atoms with Crippen molar-refractivity contribution in [1.29, 1.82) is 0 Å². The zero-order chi connectivity index (χ0) is 16.7. The molecule has 2 aliphatic heterocycles. The Morgan fingerprint density at radius 3 is 2.62 bits per heavy atom. The lowest BCUT2D eigenvalue weighted by Crippen LogP contribution is -2.53. The van der Waals surface area contributed by atoms with E-state index in [9.17, 15) is 9.18 Å². The summed E-state index contributed by atoms with van der Waals surface area (Å²) < 4.78 is 18.8. The molecular formula is C19H25FN2O2. The summed E-state index contributed by atoms with van der Waals surface area (Å²) in [5, 5.41) is 0. The number of likely N-dealkylation sites (tertiary alicyclic amines) is 2. The monoisotopic (exact) mass is 332 g/mol. The average Bonchev–Trinajstić information content (AvgIpc) is 3.30. The highest BCUT2D eigenvalue weighted by molar-refractivity contribution is 5.94. The summed E-state index contributed by atoms with van der Waals surface area (Å²) in [5.41, 5.74) is 0.576. The van der Waals surface area contributed by atoms with Gasteiger partial charge in [-0.2, -0.15) is 0 Å². The van der Waals surface area contributed by atoms with E-state index in [1.165, 1.54) is 25.0 Å². The fraction of sp³-hybridized carbons (Fsp3) is 0.632. The van der Waals surface area contributed by atoms with Gasteiger partial charge in [-0.3, -0.25) is 4.79 Å². The van der Waals surface area contributed by atoms with Gasteiger partial charge in [0.15, 0.2) is 0 Å². The molecule has 2 saturated heterocycles. The van der Waals surface area contributed by atoms with Crippen LogP contribution in [0.25, 0.3) is 0 Å². The summed E-state index contributed by atoms with van der Waals surface area (Å²) in [6.07, 6.45) is 3.80. The van der Waals surface area contributed by atoms with E-state index in [4.69, 9.17) is 4.74 Å². The van der Waals surface area contributed by atoms with E-state index < -0.39 is 0 Å². The molecule has 1 aromatic rings. The summed E-state index contributed by atoms with van der Waals surface area (Å²) in [4.78, 5) is 17.4. The van der Waals surface area contributed by atoms with E-state index in [1.54, 1.807) is 19.2 Å². The third-order valence-electron chi connectivity index (χ3n) is 5.81. The number of rotatable bonds is 4. The lowest BCUT2D eigenvalue weighted by atomic mass is 9.88. The highest BCUT2D eigenvalue weighted by Crippen LogP contribution is 2.36. The zero-order valence-electron chi connectivity index (χ0n) is 14.2. The second-order valence-corrected chi connectivity index (χ2v) is 7.46. The van der Waals surface area contributed by atoms with Crippen molar-refractivity contribution in [3.8, 4) is 0 Å². The van der Waals surface area contributed by atoms with Gasteiger partial charge >= 0.3 is 0 Å². The SMILES string of the molecule is CO[C@@H]1CCN(C(=O)c2ccc(F)cc2)[C@@H]2CN(CC3CC3)C[C@@H]21. The summed E-state index contributed by atoms with van der Waals surface area (Å²) in [5.74, 6) is 0.950. The first-order valence-electron chi connectivity index (χ1n) is 8.97. The van der Waals surface area contributed by atoms with Crippen LogP contribution in [-0.2, 0) is 4.74 Å². The first kappa shape index (κ1) is 16.0. The van der Waals surface area contributed by atoms with Gasteiger partial charge in [-0.1, -0.05) is 0 Å². The Balaban J connectivity index is 1.52. The molecular weight excluding hydrogens is 307 g/mol. The number of carbonyl (C=O) groups excluding carboxylic acids is 1. The van der Waals surface area contributed by atoms with Gasteiger partial charge < -0.3 is 14.5 Å². The molecule has 0 N–H and O–H groups in total. The third kappa shape index (κ3) is 3.07. The number of amides is 1. The third-order valence-corrected chi connectivity index (χ3v) is 5.81. The molecule has 0 spiro atoms. The fourth-order valence-electron chi connectivity index (χ4n) is 4.35. The van der Waals surface area contributed by atoms with E-state index in [2.05, 4.69) is 4.90 Å². The molecule has 2 heterocycles. The minimum absolute atomic E-state index is 0.0211. The van der Waals surface area contributed by atoms with E-state index in [-0.39, 0.29) is 23.9 Å². The first-order chi connectivity index (χ1) is 11.7. The van der Waals surface area contributed by atoms with Crippen LogP contribution >= 0.6 is 0 Å². The lowest BCUT2D eigenvalue weighted by molar-refractivity contribution is -0.0156. The number of halogens is 1. The van der Waals surface area contributed by atoms with Gasteiger partial charge in [0.25, 0.3) is 5.91 Å². The van der Waals surface area contributed by atoms with Crippen molar-refractivity contribution in [2.75, 3.05) is 33.3 Å². The van der Waals surface area contributed by atoms with E-state index in [0.29, 0.717) is 18.0 Å². The van der Waals surface area contributed by atoms with Crippen molar-refractivity contribution < 1.29 is 13.9 Å². The number of ether oxygens (including phenoxy) is 1. The van der Waals surface area contributed by atoms with Crippen LogP contribution in [0.4, 0.5) is 4.39 Å². The van der Waals surface area contributed by atoms with Gasteiger partial charge in [0.1, 0.15) is 5.82 Å². The predicted molar refractivity (Wildman–Crippen MR) is 89.3 cm³/mol. The smallest absolute Gasteiger partial charge is 0.254 e. The maximum absolute atomic E-state index is 13.1. The fourth-order valence-corrected chi connectivity index (χ4v) is 4.35. The molecule has 1 aromatic carbocycles. The van der Waals surface area contributed by atoms with Crippen LogP contribution in [0.1, 0.15) is 29.6 Å². The molecule has 0 aromatic heterocycles. The maximum atomic E-state index is 13.1. The van der Waals surface area contributed by atoms with Crippen LogP contribution in [-0.4, -0.2) is 61.1 Å². The zero-order valence-corrected chi connectivity index (χ0v) is 14.2. The molecule has 24 heavy (non-hydrogen) atoms. The largest absolute Gasteiger partial charge is 0.381 e. The minimum Gasteiger partial charge on any atom is -0.381 e. The number of piperidine rings is 1. The lowest BCUT2D eigenvalue weighted by Gasteiger charge is -2.41. The van der Waals surface area contributed by atoms with Crippen LogP contribution in [0.2, 0.25) is 0 Å². The standard InChI is InChI=1S/C19H25FN2O2/c1-24-18-8-9-22(19(23)14-4-6-15(20)7-5-14)17-12-21(11-16(17)18)10-13-2-3-13/h4-7,13,16-18H,2-3,8-12H2,1H3/t16-,17+,18+/m0/s1. The molecule has 0 radical (unpaired) electrons. The molecule has 3 atom stereocenters. The van der Waals surface area contributed by atoms with Crippen molar-refractivity contribution in [3.63, 3.8) is 0 Å².